The van der Waals surface area contributed by atoms with Crippen LogP contribution in [0.3, 0.4) is 0 Å². The quantitative estimate of drug-likeness (QED) is 0.400. The summed E-state index contributed by atoms with van der Waals surface area (Å²) in [4.78, 5) is 39.6. The lowest BCUT2D eigenvalue weighted by Gasteiger charge is -2.44. The summed E-state index contributed by atoms with van der Waals surface area (Å²) in [5, 5.41) is 29.9. The van der Waals surface area contributed by atoms with Crippen molar-refractivity contribution in [2.75, 3.05) is 5.75 Å². The van der Waals surface area contributed by atoms with Crippen molar-refractivity contribution in [3.05, 3.63) is 32.7 Å². The van der Waals surface area contributed by atoms with Gasteiger partial charge >= 0.3 is 11.8 Å². The van der Waals surface area contributed by atoms with Crippen molar-refractivity contribution in [3.8, 4) is 0 Å². The van der Waals surface area contributed by atoms with Crippen molar-refractivity contribution in [3.63, 3.8) is 0 Å². The molecule has 0 aliphatic carbocycles. The summed E-state index contributed by atoms with van der Waals surface area (Å²) in [7, 11) is 0. The van der Waals surface area contributed by atoms with Crippen molar-refractivity contribution in [1.82, 2.24) is 14.5 Å². The van der Waals surface area contributed by atoms with Crippen LogP contribution < -0.4 is 0 Å². The molecule has 0 aromatic carbocycles. The van der Waals surface area contributed by atoms with Crippen LogP contribution in [0.2, 0.25) is 0 Å². The first-order valence-electron chi connectivity index (χ1n) is 8.01. The number of aliphatic carboxylic acids is 1. The number of fused-ring (bicyclic) bond motifs is 1. The third-order valence-corrected chi connectivity index (χ3v) is 5.74. The van der Waals surface area contributed by atoms with Gasteiger partial charge in [-0.05, 0) is 16.8 Å². The highest BCUT2D eigenvalue weighted by Gasteiger charge is 2.56. The van der Waals surface area contributed by atoms with Gasteiger partial charge in [0.25, 0.3) is 0 Å². The SMILES string of the molecule is Cc1nc([N+](=O)[O-])cn1CCSC1=C(C(=O)O)N2C(=O)[C@H]([C@H](C)O)[C@H]2C1. The lowest BCUT2D eigenvalue weighted by atomic mass is 9.83. The Hall–Kier alpha value is -2.40. The fourth-order valence-corrected chi connectivity index (χ4v) is 4.58. The Morgan fingerprint density at radius 3 is 2.81 bits per heavy atom. The van der Waals surface area contributed by atoms with Gasteiger partial charge in [-0.25, -0.2) is 4.79 Å². The minimum atomic E-state index is -1.16. The van der Waals surface area contributed by atoms with E-state index in [1.54, 1.807) is 11.5 Å². The molecule has 0 unspecified atom stereocenters. The molecule has 1 amide bonds. The monoisotopic (exact) mass is 382 g/mol. The highest BCUT2D eigenvalue weighted by molar-refractivity contribution is 8.03. The second kappa shape index (κ2) is 6.72. The van der Waals surface area contributed by atoms with E-state index in [1.165, 1.54) is 29.8 Å². The molecular formula is C15H18N4O6S. The number of rotatable bonds is 7. The molecule has 2 aliphatic rings. The fraction of sp³-hybridized carbons (Fsp3) is 0.533. The number of thioether (sulfide) groups is 1. The number of carboxylic acids is 1. The first-order chi connectivity index (χ1) is 12.2. The summed E-state index contributed by atoms with van der Waals surface area (Å²) in [5.41, 5.74) is -0.0183. The molecule has 1 fully saturated rings. The number of aliphatic hydroxyl groups excluding tert-OH is 1. The number of imidazole rings is 1. The summed E-state index contributed by atoms with van der Waals surface area (Å²) in [5.74, 6) is -1.34. The Labute approximate surface area is 152 Å². The zero-order chi connectivity index (χ0) is 19.2. The van der Waals surface area contributed by atoms with Gasteiger partial charge in [0, 0.05) is 30.5 Å². The van der Waals surface area contributed by atoms with Crippen LogP contribution in [0.15, 0.2) is 16.8 Å². The Morgan fingerprint density at radius 2 is 2.27 bits per heavy atom. The van der Waals surface area contributed by atoms with E-state index < -0.39 is 22.9 Å². The van der Waals surface area contributed by atoms with E-state index in [0.29, 0.717) is 29.4 Å². The highest BCUT2D eigenvalue weighted by Crippen LogP contribution is 2.47. The van der Waals surface area contributed by atoms with Crippen molar-refractivity contribution in [2.24, 2.45) is 5.92 Å². The van der Waals surface area contributed by atoms with Gasteiger partial charge in [0.1, 0.15) is 11.9 Å². The number of hydrogen-bond acceptors (Lipinski definition) is 7. The van der Waals surface area contributed by atoms with Crippen LogP contribution in [0.25, 0.3) is 0 Å². The minimum Gasteiger partial charge on any atom is -0.477 e. The topological polar surface area (TPSA) is 139 Å². The van der Waals surface area contributed by atoms with Gasteiger partial charge in [0.2, 0.25) is 11.7 Å². The summed E-state index contributed by atoms with van der Waals surface area (Å²) >= 11 is 1.31. The number of β-lactam (4-membered cyclic amide) rings is 1. The number of hydrogen-bond donors (Lipinski definition) is 2. The largest absolute Gasteiger partial charge is 0.477 e. The maximum Gasteiger partial charge on any atom is 0.381 e. The Bertz CT molecular complexity index is 817. The normalized spacial score (nSPS) is 23.0. The molecule has 1 aromatic heterocycles. The molecular weight excluding hydrogens is 364 g/mol. The Balaban J connectivity index is 1.69. The number of amides is 1. The van der Waals surface area contributed by atoms with Crippen molar-refractivity contribution < 1.29 is 24.7 Å². The van der Waals surface area contributed by atoms with Crippen LogP contribution in [-0.4, -0.2) is 59.4 Å². The van der Waals surface area contributed by atoms with E-state index in [-0.39, 0.29) is 23.5 Å². The Kier molecular flexibility index (Phi) is 4.76. The zero-order valence-electron chi connectivity index (χ0n) is 14.2. The van der Waals surface area contributed by atoms with Crippen LogP contribution in [0.1, 0.15) is 19.2 Å². The standard InChI is InChI=1S/C15H18N4O6S/c1-7(20)12-9-5-10(13(15(22)23)18(9)14(12)21)26-4-3-17-6-11(19(24)25)16-8(17)2/h6-7,9,12,20H,3-5H2,1-2H3,(H,22,23)/t7-,9+,12+/m0/s1. The molecule has 11 heteroatoms. The molecule has 1 aromatic rings. The predicted molar refractivity (Wildman–Crippen MR) is 91.2 cm³/mol. The van der Waals surface area contributed by atoms with E-state index in [9.17, 15) is 29.9 Å². The first kappa shape index (κ1) is 18.4. The molecule has 0 saturated carbocycles. The number of aromatic nitrogens is 2. The molecule has 3 atom stereocenters. The molecule has 3 heterocycles. The minimum absolute atomic E-state index is 0.0183. The van der Waals surface area contributed by atoms with Gasteiger partial charge in [-0.3, -0.25) is 4.79 Å². The van der Waals surface area contributed by atoms with E-state index in [2.05, 4.69) is 4.98 Å². The smallest absolute Gasteiger partial charge is 0.381 e. The van der Waals surface area contributed by atoms with Gasteiger partial charge in [0.05, 0.1) is 18.1 Å². The average molecular weight is 382 g/mol. The summed E-state index contributed by atoms with van der Waals surface area (Å²) in [6.45, 7) is 3.61. The van der Waals surface area contributed by atoms with Gasteiger partial charge in [-0.1, -0.05) is 0 Å². The highest BCUT2D eigenvalue weighted by atomic mass is 32.2. The summed E-state index contributed by atoms with van der Waals surface area (Å²) in [6, 6.07) is -0.313. The number of carbonyl (C=O) groups excluding carboxylic acids is 1. The molecule has 0 radical (unpaired) electrons. The molecule has 140 valence electrons. The number of carboxylic acid groups (broad SMARTS) is 1. The molecule has 26 heavy (non-hydrogen) atoms. The second-order valence-corrected chi connectivity index (χ2v) is 7.46. The number of aryl methyl sites for hydroxylation is 2. The molecule has 2 aliphatic heterocycles. The zero-order valence-corrected chi connectivity index (χ0v) is 15.0. The number of nitrogens with zero attached hydrogens (tertiary/aromatic N) is 4. The fourth-order valence-electron chi connectivity index (χ4n) is 3.43. The lowest BCUT2D eigenvalue weighted by molar-refractivity contribution is -0.389. The van der Waals surface area contributed by atoms with Crippen molar-refractivity contribution in [2.45, 2.75) is 39.0 Å². The average Bonchev–Trinajstić information content (AvgIpc) is 3.06. The van der Waals surface area contributed by atoms with Crippen LogP contribution in [0, 0.1) is 23.0 Å². The van der Waals surface area contributed by atoms with Gasteiger partial charge in [-0.2, -0.15) is 0 Å². The second-order valence-electron chi connectivity index (χ2n) is 6.27. The van der Waals surface area contributed by atoms with E-state index >= 15 is 0 Å². The third-order valence-electron chi connectivity index (χ3n) is 4.65. The number of carbonyl (C=O) groups is 2. The van der Waals surface area contributed by atoms with Crippen LogP contribution >= 0.6 is 11.8 Å². The summed E-state index contributed by atoms with van der Waals surface area (Å²) < 4.78 is 1.64. The predicted octanol–water partition coefficient (Wildman–Crippen LogP) is 0.741. The van der Waals surface area contributed by atoms with E-state index in [1.807, 2.05) is 0 Å². The van der Waals surface area contributed by atoms with Gasteiger partial charge < -0.3 is 29.8 Å². The van der Waals surface area contributed by atoms with Gasteiger partial charge in [-0.15, -0.1) is 11.8 Å². The summed E-state index contributed by atoms with van der Waals surface area (Å²) in [6.07, 6.45) is 0.922. The number of nitro groups is 1. The van der Waals surface area contributed by atoms with Crippen LogP contribution in [0.5, 0.6) is 0 Å². The third kappa shape index (κ3) is 2.97. The molecule has 1 saturated heterocycles. The first-order valence-corrected chi connectivity index (χ1v) is 8.99. The van der Waals surface area contributed by atoms with Crippen LogP contribution in [0.4, 0.5) is 5.82 Å². The van der Waals surface area contributed by atoms with Crippen LogP contribution in [-0.2, 0) is 16.1 Å². The molecule has 3 rings (SSSR count). The van der Waals surface area contributed by atoms with Gasteiger partial charge in [0.15, 0.2) is 0 Å². The molecule has 0 spiro atoms. The van der Waals surface area contributed by atoms with Crippen molar-refractivity contribution >= 4 is 29.5 Å². The molecule has 10 nitrogen and oxygen atoms in total. The maximum atomic E-state index is 12.1. The molecule has 0 bridgehead atoms. The van der Waals surface area contributed by atoms with E-state index in [4.69, 9.17) is 0 Å². The van der Waals surface area contributed by atoms with E-state index in [0.717, 1.165) is 0 Å². The molecule has 2 N–H and O–H groups in total. The maximum absolute atomic E-state index is 12.1. The van der Waals surface area contributed by atoms with Crippen molar-refractivity contribution in [1.29, 1.82) is 0 Å². The lowest BCUT2D eigenvalue weighted by Crippen LogP contribution is -2.61. The Morgan fingerprint density at radius 1 is 1.58 bits per heavy atom. The number of aliphatic hydroxyl groups is 1.